The van der Waals surface area contributed by atoms with Crippen molar-refractivity contribution in [3.05, 3.63) is 64.2 Å². The molecule has 3 rings (SSSR count). The fourth-order valence-electron chi connectivity index (χ4n) is 2.51. The van der Waals surface area contributed by atoms with Crippen LogP contribution in [-0.4, -0.2) is 29.1 Å². The Labute approximate surface area is 143 Å². The second-order valence-electron chi connectivity index (χ2n) is 5.60. The van der Waals surface area contributed by atoms with Crippen LogP contribution in [-0.2, 0) is 6.42 Å². The molecule has 2 heterocycles. The Kier molecular flexibility index (Phi) is 5.17. The number of thiophene rings is 1. The van der Waals surface area contributed by atoms with Crippen LogP contribution in [0.1, 0.15) is 16.1 Å². The first-order valence-corrected chi connectivity index (χ1v) is 8.57. The molecule has 2 aromatic heterocycles. The van der Waals surface area contributed by atoms with Crippen LogP contribution in [0.4, 0.5) is 4.39 Å². The molecule has 0 spiro atoms. The molecule has 1 aromatic carbocycles. The summed E-state index contributed by atoms with van der Waals surface area (Å²) >= 11 is 1.60. The maximum atomic E-state index is 13.8. The maximum absolute atomic E-state index is 13.8. The monoisotopic (exact) mass is 344 g/mol. The van der Waals surface area contributed by atoms with Crippen molar-refractivity contribution in [2.75, 3.05) is 13.2 Å². The lowest BCUT2D eigenvalue weighted by Gasteiger charge is -2.14. The number of carbonyl (C=O) groups is 1. The summed E-state index contributed by atoms with van der Waals surface area (Å²) in [5.41, 5.74) is 1.49. The van der Waals surface area contributed by atoms with Gasteiger partial charge in [-0.25, -0.2) is 9.37 Å². The molecule has 0 aliphatic carbocycles. The van der Waals surface area contributed by atoms with Crippen molar-refractivity contribution < 1.29 is 14.3 Å². The molecule has 124 valence electrons. The standard InChI is InChI=1S/C18H17FN2O2S/c19-15-3-1-2-14-4-5-16(21-17(14)15)18(23)20-9-13(10-22)8-12-6-7-24-11-12/h1-7,11,13,22H,8-10H2,(H,20,23). The van der Waals surface area contributed by atoms with Crippen molar-refractivity contribution in [3.8, 4) is 0 Å². The SMILES string of the molecule is O=C(NCC(CO)Cc1ccsc1)c1ccc2cccc(F)c2n1. The summed E-state index contributed by atoms with van der Waals surface area (Å²) in [5, 5.41) is 16.9. The number of aliphatic hydroxyl groups excluding tert-OH is 1. The minimum absolute atomic E-state index is 0.0180. The van der Waals surface area contributed by atoms with Gasteiger partial charge >= 0.3 is 0 Å². The van der Waals surface area contributed by atoms with E-state index >= 15 is 0 Å². The number of nitrogens with one attached hydrogen (secondary N) is 1. The Bertz CT molecular complexity index is 836. The molecule has 0 saturated carbocycles. The lowest BCUT2D eigenvalue weighted by atomic mass is 10.0. The highest BCUT2D eigenvalue weighted by Gasteiger charge is 2.14. The van der Waals surface area contributed by atoms with Crippen molar-refractivity contribution in [2.45, 2.75) is 6.42 Å². The van der Waals surface area contributed by atoms with Crippen LogP contribution in [0.2, 0.25) is 0 Å². The molecular weight excluding hydrogens is 327 g/mol. The molecule has 0 aliphatic rings. The molecule has 0 saturated heterocycles. The smallest absolute Gasteiger partial charge is 0.269 e. The van der Waals surface area contributed by atoms with Gasteiger partial charge in [0.1, 0.15) is 17.0 Å². The normalized spacial score (nSPS) is 12.2. The highest BCUT2D eigenvalue weighted by Crippen LogP contribution is 2.16. The van der Waals surface area contributed by atoms with E-state index in [9.17, 15) is 14.3 Å². The summed E-state index contributed by atoms with van der Waals surface area (Å²) in [6.45, 7) is 0.318. The van der Waals surface area contributed by atoms with Crippen LogP contribution < -0.4 is 5.32 Å². The summed E-state index contributed by atoms with van der Waals surface area (Å²) < 4.78 is 13.8. The summed E-state index contributed by atoms with van der Waals surface area (Å²) in [7, 11) is 0. The Hall–Kier alpha value is -2.31. The number of halogens is 1. The molecule has 3 aromatic rings. The first-order valence-electron chi connectivity index (χ1n) is 7.63. The number of pyridine rings is 1. The number of amides is 1. The quantitative estimate of drug-likeness (QED) is 0.722. The van der Waals surface area contributed by atoms with Crippen molar-refractivity contribution >= 4 is 28.1 Å². The fraction of sp³-hybridized carbons (Fsp3) is 0.222. The number of aromatic nitrogens is 1. The first-order chi connectivity index (χ1) is 11.7. The number of nitrogens with zero attached hydrogens (tertiary/aromatic N) is 1. The largest absolute Gasteiger partial charge is 0.396 e. The molecule has 1 unspecified atom stereocenters. The van der Waals surface area contributed by atoms with E-state index < -0.39 is 5.82 Å². The van der Waals surface area contributed by atoms with Gasteiger partial charge in [-0.3, -0.25) is 4.79 Å². The molecule has 0 aliphatic heterocycles. The zero-order valence-electron chi connectivity index (χ0n) is 12.9. The third-order valence-corrected chi connectivity index (χ3v) is 4.55. The molecule has 4 nitrogen and oxygen atoms in total. The Balaban J connectivity index is 1.67. The van der Waals surface area contributed by atoms with E-state index in [-0.39, 0.29) is 29.6 Å². The van der Waals surface area contributed by atoms with Gasteiger partial charge in [0.15, 0.2) is 0 Å². The third-order valence-electron chi connectivity index (χ3n) is 3.82. The van der Waals surface area contributed by atoms with Crippen LogP contribution in [0, 0.1) is 11.7 Å². The van der Waals surface area contributed by atoms with E-state index in [1.54, 1.807) is 35.6 Å². The number of carbonyl (C=O) groups excluding carboxylic acids is 1. The first kappa shape index (κ1) is 16.5. The van der Waals surface area contributed by atoms with Gasteiger partial charge in [0, 0.05) is 24.5 Å². The molecule has 0 fully saturated rings. The molecule has 2 N–H and O–H groups in total. The van der Waals surface area contributed by atoms with Crippen molar-refractivity contribution in [2.24, 2.45) is 5.92 Å². The fourth-order valence-corrected chi connectivity index (χ4v) is 3.19. The number of aliphatic hydroxyl groups is 1. The molecular formula is C18H17FN2O2S. The van der Waals surface area contributed by atoms with Crippen LogP contribution in [0.3, 0.4) is 0 Å². The van der Waals surface area contributed by atoms with E-state index in [1.807, 2.05) is 16.8 Å². The van der Waals surface area contributed by atoms with Crippen molar-refractivity contribution in [1.82, 2.24) is 10.3 Å². The Morgan fingerprint density at radius 2 is 2.17 bits per heavy atom. The van der Waals surface area contributed by atoms with Gasteiger partial charge in [-0.15, -0.1) is 0 Å². The van der Waals surface area contributed by atoms with Gasteiger partial charge in [-0.2, -0.15) is 11.3 Å². The number of para-hydroxylation sites is 1. The van der Waals surface area contributed by atoms with Gasteiger partial charge in [-0.05, 0) is 40.9 Å². The zero-order chi connectivity index (χ0) is 16.9. The van der Waals surface area contributed by atoms with E-state index in [0.29, 0.717) is 18.4 Å². The summed E-state index contributed by atoms with van der Waals surface area (Å²) in [6, 6.07) is 9.92. The molecule has 6 heteroatoms. The topological polar surface area (TPSA) is 62.2 Å². The lowest BCUT2D eigenvalue weighted by molar-refractivity contribution is 0.0935. The van der Waals surface area contributed by atoms with Gasteiger partial charge in [-0.1, -0.05) is 18.2 Å². The van der Waals surface area contributed by atoms with E-state index in [0.717, 1.165) is 5.56 Å². The van der Waals surface area contributed by atoms with Gasteiger partial charge in [0.05, 0.1) is 0 Å². The minimum Gasteiger partial charge on any atom is -0.396 e. The number of hydrogen-bond donors (Lipinski definition) is 2. The van der Waals surface area contributed by atoms with Gasteiger partial charge in [0.2, 0.25) is 0 Å². The average Bonchev–Trinajstić information content (AvgIpc) is 3.11. The highest BCUT2D eigenvalue weighted by molar-refractivity contribution is 7.07. The van der Waals surface area contributed by atoms with Crippen LogP contribution in [0.15, 0.2) is 47.2 Å². The number of rotatable bonds is 6. The molecule has 1 amide bonds. The number of hydrogen-bond acceptors (Lipinski definition) is 4. The molecule has 0 radical (unpaired) electrons. The van der Waals surface area contributed by atoms with E-state index in [2.05, 4.69) is 10.3 Å². The van der Waals surface area contributed by atoms with Crippen LogP contribution >= 0.6 is 11.3 Å². The zero-order valence-corrected chi connectivity index (χ0v) is 13.7. The average molecular weight is 344 g/mol. The van der Waals surface area contributed by atoms with Crippen molar-refractivity contribution in [1.29, 1.82) is 0 Å². The predicted octanol–water partition coefficient (Wildman–Crippen LogP) is 3.02. The second kappa shape index (κ2) is 7.51. The highest BCUT2D eigenvalue weighted by atomic mass is 32.1. The molecule has 24 heavy (non-hydrogen) atoms. The lowest BCUT2D eigenvalue weighted by Crippen LogP contribution is -2.32. The number of benzene rings is 1. The Morgan fingerprint density at radius 3 is 2.92 bits per heavy atom. The van der Waals surface area contributed by atoms with Crippen molar-refractivity contribution in [3.63, 3.8) is 0 Å². The Morgan fingerprint density at radius 1 is 1.29 bits per heavy atom. The maximum Gasteiger partial charge on any atom is 0.269 e. The summed E-state index contributed by atoms with van der Waals surface area (Å²) in [6.07, 6.45) is 0.695. The predicted molar refractivity (Wildman–Crippen MR) is 92.6 cm³/mol. The summed E-state index contributed by atoms with van der Waals surface area (Å²) in [5.74, 6) is -0.891. The number of fused-ring (bicyclic) bond motifs is 1. The van der Waals surface area contributed by atoms with E-state index in [1.165, 1.54) is 6.07 Å². The minimum atomic E-state index is -0.451. The van der Waals surface area contributed by atoms with Crippen LogP contribution in [0.25, 0.3) is 10.9 Å². The van der Waals surface area contributed by atoms with Gasteiger partial charge < -0.3 is 10.4 Å². The summed E-state index contributed by atoms with van der Waals surface area (Å²) in [4.78, 5) is 16.4. The van der Waals surface area contributed by atoms with E-state index in [4.69, 9.17) is 0 Å². The third kappa shape index (κ3) is 3.77. The van der Waals surface area contributed by atoms with Gasteiger partial charge in [0.25, 0.3) is 5.91 Å². The van der Waals surface area contributed by atoms with Crippen LogP contribution in [0.5, 0.6) is 0 Å². The second-order valence-corrected chi connectivity index (χ2v) is 6.38. The molecule has 0 bridgehead atoms. The molecule has 1 atom stereocenters.